The third-order valence-corrected chi connectivity index (χ3v) is 4.64. The number of nitrogens with zero attached hydrogens (tertiary/aromatic N) is 10. The van der Waals surface area contributed by atoms with Crippen LogP contribution < -0.4 is 0 Å². The summed E-state index contributed by atoms with van der Waals surface area (Å²) in [5.74, 6) is 2.91. The zero-order valence-corrected chi connectivity index (χ0v) is 15.3. The van der Waals surface area contributed by atoms with Crippen molar-refractivity contribution in [3.05, 3.63) is 30.4 Å². The first-order valence-corrected chi connectivity index (χ1v) is 9.52. The number of aromatic amines is 1. The fourth-order valence-electron chi connectivity index (χ4n) is 2.38. The van der Waals surface area contributed by atoms with Gasteiger partial charge in [-0.1, -0.05) is 0 Å². The minimum atomic E-state index is -3.66. The van der Waals surface area contributed by atoms with Gasteiger partial charge in [0.2, 0.25) is 5.65 Å². The lowest BCUT2D eigenvalue weighted by Crippen LogP contribution is -2.03. The highest BCUT2D eigenvalue weighted by Crippen LogP contribution is 2.30. The van der Waals surface area contributed by atoms with Crippen LogP contribution in [0.5, 0.6) is 0 Å². The molecule has 0 aliphatic carbocycles. The molecule has 140 valence electrons. The molecule has 0 bridgehead atoms. The van der Waals surface area contributed by atoms with E-state index in [1.165, 1.54) is 17.3 Å². The number of H-pyrrole nitrogens is 1. The van der Waals surface area contributed by atoms with Crippen LogP contribution in [0, 0.1) is 19.3 Å². The molecule has 1 N–H and O–H groups in total. The maximum absolute atomic E-state index is 12.1. The Morgan fingerprint density at radius 1 is 1.25 bits per heavy atom. The van der Waals surface area contributed by atoms with Crippen molar-refractivity contribution in [2.45, 2.75) is 11.8 Å². The monoisotopic (exact) mass is 397 g/mol. The molecule has 0 aliphatic heterocycles. The van der Waals surface area contributed by atoms with Gasteiger partial charge in [0.05, 0.1) is 6.20 Å². The van der Waals surface area contributed by atoms with Crippen LogP contribution >= 0.6 is 0 Å². The van der Waals surface area contributed by atoms with Crippen LogP contribution in [0.2, 0.25) is 0 Å². The summed E-state index contributed by atoms with van der Waals surface area (Å²) < 4.78 is 26.7. The van der Waals surface area contributed by atoms with Crippen LogP contribution in [0.25, 0.3) is 11.6 Å². The molecule has 13 nitrogen and oxygen atoms in total. The number of fused-ring (bicyclic) bond motifs is 1. The summed E-state index contributed by atoms with van der Waals surface area (Å²) in [6.07, 6.45) is 10.2. The van der Waals surface area contributed by atoms with Crippen molar-refractivity contribution in [1.29, 1.82) is 0 Å². The molecule has 0 saturated heterocycles. The van der Waals surface area contributed by atoms with Gasteiger partial charge in [-0.15, -0.1) is 21.8 Å². The van der Waals surface area contributed by atoms with Gasteiger partial charge in [0, 0.05) is 6.26 Å². The average molecular weight is 397 g/mol. The molecule has 0 aromatic carbocycles. The Kier molecular flexibility index (Phi) is 3.93. The number of aryl methyl sites for hydroxylation is 1. The number of hydrogen-bond donors (Lipinski definition) is 1. The maximum atomic E-state index is 12.1. The van der Waals surface area contributed by atoms with Crippen LogP contribution in [0.15, 0.2) is 34.0 Å². The third kappa shape index (κ3) is 2.89. The Morgan fingerprint density at radius 3 is 2.68 bits per heavy atom. The van der Waals surface area contributed by atoms with Gasteiger partial charge >= 0.3 is 0 Å². The summed E-state index contributed by atoms with van der Waals surface area (Å²) in [6, 6.07) is 0. The molecule has 0 amide bonds. The highest BCUT2D eigenvalue weighted by atomic mass is 32.2. The van der Waals surface area contributed by atoms with E-state index in [1.54, 1.807) is 6.92 Å². The number of sulfone groups is 1. The first-order chi connectivity index (χ1) is 13.4. The lowest BCUT2D eigenvalue weighted by atomic mass is 10.4. The fourth-order valence-corrected chi connectivity index (χ4v) is 3.08. The van der Waals surface area contributed by atoms with Gasteiger partial charge in [-0.3, -0.25) is 5.10 Å². The topological polar surface area (TPSA) is 161 Å². The van der Waals surface area contributed by atoms with Gasteiger partial charge in [0.15, 0.2) is 21.3 Å². The number of azo groups is 1. The Hall–Kier alpha value is -3.99. The number of hydrogen-bond acceptors (Lipinski definition) is 10. The van der Waals surface area contributed by atoms with E-state index in [0.29, 0.717) is 11.5 Å². The Bertz CT molecular complexity index is 1360. The van der Waals surface area contributed by atoms with Crippen molar-refractivity contribution in [3.63, 3.8) is 0 Å². The van der Waals surface area contributed by atoms with E-state index >= 15 is 0 Å². The molecular formula is C14H11N11O2S. The van der Waals surface area contributed by atoms with Gasteiger partial charge < -0.3 is 0 Å². The van der Waals surface area contributed by atoms with Crippen LogP contribution in [0.1, 0.15) is 11.5 Å². The first kappa shape index (κ1) is 17.4. The van der Waals surface area contributed by atoms with E-state index in [1.807, 2.05) is 0 Å². The second-order valence-electron chi connectivity index (χ2n) is 5.53. The van der Waals surface area contributed by atoms with Crippen LogP contribution in [0.4, 0.5) is 11.5 Å². The van der Waals surface area contributed by atoms with Gasteiger partial charge in [0.1, 0.15) is 29.1 Å². The highest BCUT2D eigenvalue weighted by molar-refractivity contribution is 7.90. The second-order valence-corrected chi connectivity index (χ2v) is 7.51. The van der Waals surface area contributed by atoms with E-state index in [9.17, 15) is 8.42 Å². The summed E-state index contributed by atoms with van der Waals surface area (Å²) in [7, 11) is -3.66. The molecule has 0 atom stereocenters. The Balaban J connectivity index is 1.91. The van der Waals surface area contributed by atoms with Crippen molar-refractivity contribution >= 4 is 27.0 Å². The molecule has 4 rings (SSSR count). The van der Waals surface area contributed by atoms with Crippen molar-refractivity contribution in [3.8, 4) is 18.3 Å². The number of aromatic nitrogens is 9. The SMILES string of the molecule is C#Cc1[nH]n2nc(C)nc2c1N=Nc1c(S(C)(=O)=O)cnn1-c1ncncn1. The zero-order chi connectivity index (χ0) is 19.9. The standard InChI is InChI=1S/C14H11N11O2S/c1-4-9-11(13-19-8(2)22-25(13)23-9)20-21-12-10(28(3,26)27)5-18-24(12)14-16-6-15-7-17-14/h1,5-7,23H,2-3H3. The molecule has 4 aromatic heterocycles. The van der Waals surface area contributed by atoms with Crippen LogP contribution in [-0.2, 0) is 9.84 Å². The molecule has 4 aromatic rings. The molecule has 0 fully saturated rings. The number of rotatable bonds is 4. The van der Waals surface area contributed by atoms with Crippen LogP contribution in [0.3, 0.4) is 0 Å². The number of nitrogens with one attached hydrogen (secondary N) is 1. The van der Waals surface area contributed by atoms with E-state index in [-0.39, 0.29) is 28.0 Å². The van der Waals surface area contributed by atoms with Gasteiger partial charge in [-0.05, 0) is 12.8 Å². The quantitative estimate of drug-likeness (QED) is 0.385. The molecule has 14 heteroatoms. The summed E-state index contributed by atoms with van der Waals surface area (Å²) in [5.41, 5.74) is 0.859. The van der Waals surface area contributed by atoms with Gasteiger partial charge in [-0.25, -0.2) is 18.4 Å². The maximum Gasteiger partial charge on any atom is 0.255 e. The van der Waals surface area contributed by atoms with Crippen molar-refractivity contribution in [1.82, 2.24) is 44.5 Å². The zero-order valence-electron chi connectivity index (χ0n) is 14.5. The smallest absolute Gasteiger partial charge is 0.255 e. The van der Waals surface area contributed by atoms with Crippen LogP contribution in [-0.4, -0.2) is 59.2 Å². The molecule has 0 saturated carbocycles. The van der Waals surface area contributed by atoms with Gasteiger partial charge in [-0.2, -0.15) is 24.4 Å². The van der Waals surface area contributed by atoms with E-state index < -0.39 is 9.84 Å². The summed E-state index contributed by atoms with van der Waals surface area (Å²) in [5, 5.41) is 19.2. The summed E-state index contributed by atoms with van der Waals surface area (Å²) >= 11 is 0. The molecule has 28 heavy (non-hydrogen) atoms. The summed E-state index contributed by atoms with van der Waals surface area (Å²) in [6.45, 7) is 1.70. The molecular weight excluding hydrogens is 386 g/mol. The predicted octanol–water partition coefficient (Wildman–Crippen LogP) is 0.537. The van der Waals surface area contributed by atoms with Crippen molar-refractivity contribution in [2.24, 2.45) is 10.2 Å². The van der Waals surface area contributed by atoms with E-state index in [4.69, 9.17) is 6.42 Å². The molecule has 0 spiro atoms. The van der Waals surface area contributed by atoms with E-state index in [2.05, 4.69) is 51.4 Å². The molecule has 0 unspecified atom stereocenters. The largest absolute Gasteiger partial charge is 0.266 e. The predicted molar refractivity (Wildman–Crippen MR) is 94.2 cm³/mol. The molecule has 4 heterocycles. The lowest BCUT2D eigenvalue weighted by Gasteiger charge is -2.01. The van der Waals surface area contributed by atoms with Gasteiger partial charge in [0.25, 0.3) is 5.95 Å². The Morgan fingerprint density at radius 2 is 2.00 bits per heavy atom. The third-order valence-electron chi connectivity index (χ3n) is 3.55. The second kappa shape index (κ2) is 6.32. The first-order valence-electron chi connectivity index (χ1n) is 7.62. The average Bonchev–Trinajstić information content (AvgIpc) is 3.32. The molecule has 0 radical (unpaired) electrons. The van der Waals surface area contributed by atoms with E-state index in [0.717, 1.165) is 17.1 Å². The normalized spacial score (nSPS) is 12.0. The Labute approximate surface area is 157 Å². The fraction of sp³-hybridized carbons (Fsp3) is 0.143. The minimum absolute atomic E-state index is 0.0774. The van der Waals surface area contributed by atoms with Crippen molar-refractivity contribution < 1.29 is 8.42 Å². The number of terminal acetylenes is 1. The lowest BCUT2D eigenvalue weighted by molar-refractivity contribution is 0.602. The summed E-state index contributed by atoms with van der Waals surface area (Å²) in [4.78, 5) is 15.7. The van der Waals surface area contributed by atoms with Crippen molar-refractivity contribution in [2.75, 3.05) is 6.26 Å². The minimum Gasteiger partial charge on any atom is -0.266 e. The molecule has 0 aliphatic rings. The highest BCUT2D eigenvalue weighted by Gasteiger charge is 2.22.